The highest BCUT2D eigenvalue weighted by Gasteiger charge is 2.22. The number of aliphatic hydroxyl groups excluding tert-OH is 2. The van der Waals surface area contributed by atoms with E-state index in [1.165, 1.54) is 0 Å². The second kappa shape index (κ2) is 4.86. The van der Waals surface area contributed by atoms with Crippen LogP contribution in [0.4, 0.5) is 10.2 Å². The third kappa shape index (κ3) is 2.88. The average Bonchev–Trinajstić information content (AvgIpc) is 2.20. The van der Waals surface area contributed by atoms with Crippen molar-refractivity contribution in [2.24, 2.45) is 0 Å². The van der Waals surface area contributed by atoms with Gasteiger partial charge in [0.2, 0.25) is 0 Å². The number of carboxylic acid groups (broad SMARTS) is 1. The van der Waals surface area contributed by atoms with Crippen LogP contribution < -0.4 is 5.73 Å². The minimum atomic E-state index is -1.53. The van der Waals surface area contributed by atoms with Gasteiger partial charge in [0.25, 0.3) is 0 Å². The maximum Gasteiger partial charge on any atom is 0.306 e. The number of rotatable bonds is 4. The number of aromatic nitrogens is 1. The molecule has 6 nitrogen and oxygen atoms in total. The molecule has 0 aliphatic rings. The molecule has 1 rings (SSSR count). The van der Waals surface area contributed by atoms with Crippen molar-refractivity contribution in [1.82, 2.24) is 4.98 Å². The maximum absolute atomic E-state index is 13.0. The van der Waals surface area contributed by atoms with E-state index in [0.717, 1.165) is 12.3 Å². The molecular weight excluding hydrogens is 219 g/mol. The second-order valence-electron chi connectivity index (χ2n) is 3.25. The summed E-state index contributed by atoms with van der Waals surface area (Å²) in [6, 6.07) is 0.901. The van der Waals surface area contributed by atoms with Crippen molar-refractivity contribution < 1.29 is 24.5 Å². The largest absolute Gasteiger partial charge is 0.481 e. The van der Waals surface area contributed by atoms with Gasteiger partial charge in [0.15, 0.2) is 11.6 Å². The number of pyridine rings is 1. The summed E-state index contributed by atoms with van der Waals surface area (Å²) in [7, 11) is 0. The molecule has 0 saturated heterocycles. The normalized spacial score (nSPS) is 14.4. The van der Waals surface area contributed by atoms with Gasteiger partial charge < -0.3 is 21.1 Å². The fourth-order valence-electron chi connectivity index (χ4n) is 1.14. The molecule has 0 bridgehead atoms. The summed E-state index contributed by atoms with van der Waals surface area (Å²) >= 11 is 0. The maximum atomic E-state index is 13.0. The quantitative estimate of drug-likeness (QED) is 0.562. The SMILES string of the molecule is Nc1ncc(C(O)C(O)CC(=O)O)cc1F. The Morgan fingerprint density at radius 3 is 2.69 bits per heavy atom. The molecule has 88 valence electrons. The Morgan fingerprint density at radius 2 is 2.19 bits per heavy atom. The lowest BCUT2D eigenvalue weighted by atomic mass is 10.0. The first-order valence-corrected chi connectivity index (χ1v) is 4.40. The van der Waals surface area contributed by atoms with Gasteiger partial charge in [0, 0.05) is 11.8 Å². The molecule has 0 amide bonds. The second-order valence-corrected chi connectivity index (χ2v) is 3.25. The molecule has 0 aliphatic carbocycles. The molecule has 0 fully saturated rings. The summed E-state index contributed by atoms with van der Waals surface area (Å²) in [6.45, 7) is 0. The third-order valence-corrected chi connectivity index (χ3v) is 1.98. The van der Waals surface area contributed by atoms with Gasteiger partial charge in [-0.2, -0.15) is 0 Å². The molecule has 0 aliphatic heterocycles. The van der Waals surface area contributed by atoms with Crippen LogP contribution in [0.2, 0.25) is 0 Å². The lowest BCUT2D eigenvalue weighted by molar-refractivity contribution is -0.141. The predicted molar refractivity (Wildman–Crippen MR) is 51.8 cm³/mol. The molecule has 2 unspecified atom stereocenters. The number of aliphatic carboxylic acids is 1. The standard InChI is InChI=1S/C9H11FN2O4/c10-5-1-4(3-12-9(5)11)8(16)6(13)2-7(14)15/h1,3,6,8,13,16H,2H2,(H2,11,12)(H,14,15). The van der Waals surface area contributed by atoms with Crippen molar-refractivity contribution in [3.8, 4) is 0 Å². The molecule has 0 spiro atoms. The molecule has 16 heavy (non-hydrogen) atoms. The van der Waals surface area contributed by atoms with Crippen molar-refractivity contribution in [3.05, 3.63) is 23.6 Å². The Kier molecular flexibility index (Phi) is 3.75. The van der Waals surface area contributed by atoms with Crippen LogP contribution in [0.5, 0.6) is 0 Å². The van der Waals surface area contributed by atoms with Crippen LogP contribution in [0.1, 0.15) is 18.1 Å². The van der Waals surface area contributed by atoms with Crippen LogP contribution in [-0.4, -0.2) is 32.4 Å². The predicted octanol–water partition coefficient (Wildman–Crippen LogP) is -0.328. The van der Waals surface area contributed by atoms with Crippen LogP contribution in [0.25, 0.3) is 0 Å². The first-order valence-electron chi connectivity index (χ1n) is 4.40. The van der Waals surface area contributed by atoms with Gasteiger partial charge in [-0.05, 0) is 6.07 Å². The molecule has 1 aromatic heterocycles. The van der Waals surface area contributed by atoms with Gasteiger partial charge in [0.1, 0.15) is 6.10 Å². The van der Waals surface area contributed by atoms with E-state index < -0.39 is 30.4 Å². The first-order chi connectivity index (χ1) is 7.41. The molecule has 0 saturated carbocycles. The summed E-state index contributed by atoms with van der Waals surface area (Å²) in [5, 5.41) is 27.2. The fraction of sp³-hybridized carbons (Fsp3) is 0.333. The van der Waals surface area contributed by atoms with Gasteiger partial charge >= 0.3 is 5.97 Å². The first kappa shape index (κ1) is 12.3. The van der Waals surface area contributed by atoms with Crippen molar-refractivity contribution in [1.29, 1.82) is 0 Å². The van der Waals surface area contributed by atoms with Crippen LogP contribution in [0.15, 0.2) is 12.3 Å². The molecule has 1 heterocycles. The van der Waals surface area contributed by atoms with Crippen LogP contribution in [-0.2, 0) is 4.79 Å². The minimum Gasteiger partial charge on any atom is -0.481 e. The molecule has 1 aromatic rings. The van der Waals surface area contributed by atoms with Gasteiger partial charge in [-0.3, -0.25) is 4.79 Å². The van der Waals surface area contributed by atoms with Crippen molar-refractivity contribution >= 4 is 11.8 Å². The fourth-order valence-corrected chi connectivity index (χ4v) is 1.14. The number of hydrogen-bond acceptors (Lipinski definition) is 5. The number of nitrogens with zero attached hydrogens (tertiary/aromatic N) is 1. The lowest BCUT2D eigenvalue weighted by Crippen LogP contribution is -2.22. The van der Waals surface area contributed by atoms with Crippen molar-refractivity contribution in [2.75, 3.05) is 5.73 Å². The highest BCUT2D eigenvalue weighted by molar-refractivity contribution is 5.67. The Morgan fingerprint density at radius 1 is 1.56 bits per heavy atom. The molecule has 5 N–H and O–H groups in total. The molecule has 7 heteroatoms. The van der Waals surface area contributed by atoms with E-state index in [2.05, 4.69) is 4.98 Å². The topological polar surface area (TPSA) is 117 Å². The van der Waals surface area contributed by atoms with E-state index in [4.69, 9.17) is 10.8 Å². The summed E-state index contributed by atoms with van der Waals surface area (Å²) in [4.78, 5) is 13.7. The average molecular weight is 230 g/mol. The van der Waals surface area contributed by atoms with Crippen LogP contribution >= 0.6 is 0 Å². The number of anilines is 1. The Hall–Kier alpha value is -1.73. The smallest absolute Gasteiger partial charge is 0.306 e. The zero-order valence-corrected chi connectivity index (χ0v) is 8.17. The van der Waals surface area contributed by atoms with E-state index >= 15 is 0 Å². The molecule has 0 aromatic carbocycles. The Bertz CT molecular complexity index is 399. The molecular formula is C9H11FN2O4. The monoisotopic (exact) mass is 230 g/mol. The zero-order valence-electron chi connectivity index (χ0n) is 8.17. The Labute approximate surface area is 90.2 Å². The summed E-state index contributed by atoms with van der Waals surface area (Å²) in [5.41, 5.74) is 5.09. The van der Waals surface area contributed by atoms with Gasteiger partial charge in [-0.25, -0.2) is 9.37 Å². The highest BCUT2D eigenvalue weighted by Crippen LogP contribution is 2.20. The number of carboxylic acids is 1. The van der Waals surface area contributed by atoms with E-state index in [-0.39, 0.29) is 11.4 Å². The number of aliphatic hydroxyl groups is 2. The van der Waals surface area contributed by atoms with E-state index in [9.17, 15) is 19.4 Å². The summed E-state index contributed by atoms with van der Waals surface area (Å²) in [5.74, 6) is -2.43. The van der Waals surface area contributed by atoms with Gasteiger partial charge in [-0.15, -0.1) is 0 Å². The summed E-state index contributed by atoms with van der Waals surface area (Å²) < 4.78 is 13.0. The molecule has 0 radical (unpaired) electrons. The number of carbonyl (C=O) groups is 1. The number of nitrogen functional groups attached to an aromatic ring is 1. The van der Waals surface area contributed by atoms with E-state index in [1.54, 1.807) is 0 Å². The number of hydrogen-bond donors (Lipinski definition) is 4. The minimum absolute atomic E-state index is 0.0274. The molecule has 2 atom stereocenters. The van der Waals surface area contributed by atoms with Crippen molar-refractivity contribution in [3.63, 3.8) is 0 Å². The summed E-state index contributed by atoms with van der Waals surface area (Å²) in [6.07, 6.45) is -2.61. The van der Waals surface area contributed by atoms with E-state index in [0.29, 0.717) is 0 Å². The lowest BCUT2D eigenvalue weighted by Gasteiger charge is -2.16. The number of halogens is 1. The van der Waals surface area contributed by atoms with Crippen LogP contribution in [0, 0.1) is 5.82 Å². The third-order valence-electron chi connectivity index (χ3n) is 1.98. The highest BCUT2D eigenvalue weighted by atomic mass is 19.1. The van der Waals surface area contributed by atoms with Crippen LogP contribution in [0.3, 0.4) is 0 Å². The Balaban J connectivity index is 2.83. The van der Waals surface area contributed by atoms with E-state index in [1.807, 2.05) is 0 Å². The number of nitrogens with two attached hydrogens (primary N) is 1. The van der Waals surface area contributed by atoms with Gasteiger partial charge in [0.05, 0.1) is 12.5 Å². The van der Waals surface area contributed by atoms with Gasteiger partial charge in [-0.1, -0.05) is 0 Å². The van der Waals surface area contributed by atoms with Crippen molar-refractivity contribution in [2.45, 2.75) is 18.6 Å². The zero-order chi connectivity index (χ0) is 12.3.